The number of para-hydroxylation sites is 2. The molecular weight excluding hydrogens is 456 g/mol. The molecule has 1 N–H and O–H groups in total. The zero-order chi connectivity index (χ0) is 22.8. The molecule has 33 heavy (non-hydrogen) atoms. The third-order valence-electron chi connectivity index (χ3n) is 5.75. The van der Waals surface area contributed by atoms with Gasteiger partial charge in [0.2, 0.25) is 11.3 Å². The van der Waals surface area contributed by atoms with E-state index in [0.29, 0.717) is 27.8 Å². The van der Waals surface area contributed by atoms with Crippen molar-refractivity contribution in [1.82, 2.24) is 9.97 Å². The lowest BCUT2D eigenvalue weighted by Crippen LogP contribution is -2.33. The number of benzene rings is 2. The van der Waals surface area contributed by atoms with Crippen molar-refractivity contribution in [3.05, 3.63) is 95.8 Å². The standard InChI is InChI=1S/C25H22ClN4O2S/c26-20-10-12-21(13-11-20)33(31,32)29-24-25(28-23-9-5-4-8-22(23)27-24)30-16-14-19(15-17-30)18-6-2-1-3-7-18/h1-2,4-5,8-18H,3,6-7H2,(H,27,29)/q+1/t18-/m0/s1. The van der Waals surface area contributed by atoms with Crippen LogP contribution in [0.5, 0.6) is 0 Å². The lowest BCUT2D eigenvalue weighted by atomic mass is 9.88. The molecule has 8 heteroatoms. The van der Waals surface area contributed by atoms with Gasteiger partial charge in [-0.2, -0.15) is 0 Å². The average Bonchev–Trinajstić information content (AvgIpc) is 2.84. The van der Waals surface area contributed by atoms with Gasteiger partial charge in [-0.15, -0.1) is 0 Å². The maximum absolute atomic E-state index is 13.1. The van der Waals surface area contributed by atoms with Crippen molar-refractivity contribution >= 4 is 38.5 Å². The first-order chi connectivity index (χ1) is 16.0. The number of pyridine rings is 1. The van der Waals surface area contributed by atoms with Crippen LogP contribution >= 0.6 is 11.6 Å². The number of allylic oxidation sites excluding steroid dienone is 2. The first-order valence-corrected chi connectivity index (χ1v) is 12.6. The van der Waals surface area contributed by atoms with E-state index in [0.717, 1.165) is 19.3 Å². The van der Waals surface area contributed by atoms with Crippen LogP contribution in [0, 0.1) is 0 Å². The topological polar surface area (TPSA) is 75.8 Å². The Morgan fingerprint density at radius 3 is 2.27 bits per heavy atom. The number of nitrogens with zero attached hydrogens (tertiary/aromatic N) is 3. The number of sulfonamides is 1. The van der Waals surface area contributed by atoms with E-state index in [1.165, 1.54) is 29.8 Å². The molecule has 0 saturated heterocycles. The van der Waals surface area contributed by atoms with Crippen LogP contribution in [0.3, 0.4) is 0 Å². The van der Waals surface area contributed by atoms with Crippen molar-refractivity contribution in [3.63, 3.8) is 0 Å². The number of hydrogen-bond donors (Lipinski definition) is 1. The number of halogens is 1. The lowest BCUT2D eigenvalue weighted by Gasteiger charge is -2.17. The highest BCUT2D eigenvalue weighted by atomic mass is 35.5. The highest BCUT2D eigenvalue weighted by molar-refractivity contribution is 7.92. The van der Waals surface area contributed by atoms with Gasteiger partial charge >= 0.3 is 5.82 Å². The van der Waals surface area contributed by atoms with Gasteiger partial charge in [0.05, 0.1) is 17.3 Å². The van der Waals surface area contributed by atoms with Gasteiger partial charge in [-0.05, 0) is 84.3 Å². The molecule has 0 aliphatic heterocycles. The molecule has 166 valence electrons. The normalized spacial score (nSPS) is 16.1. The zero-order valence-corrected chi connectivity index (χ0v) is 19.3. The summed E-state index contributed by atoms with van der Waals surface area (Å²) in [6.45, 7) is 0. The minimum atomic E-state index is -3.89. The maximum Gasteiger partial charge on any atom is 0.372 e. The van der Waals surface area contributed by atoms with E-state index in [4.69, 9.17) is 16.6 Å². The second-order valence-corrected chi connectivity index (χ2v) is 10.1. The molecule has 0 bridgehead atoms. The summed E-state index contributed by atoms with van der Waals surface area (Å²) in [6.07, 6.45) is 11.5. The number of nitrogens with one attached hydrogen (secondary N) is 1. The molecule has 0 radical (unpaired) electrons. The van der Waals surface area contributed by atoms with E-state index in [2.05, 4.69) is 34.0 Å². The molecule has 2 aromatic heterocycles. The van der Waals surface area contributed by atoms with Gasteiger partial charge in [0.25, 0.3) is 10.0 Å². The molecule has 0 saturated carbocycles. The van der Waals surface area contributed by atoms with Crippen molar-refractivity contribution in [1.29, 1.82) is 0 Å². The van der Waals surface area contributed by atoms with Gasteiger partial charge in [0.1, 0.15) is 5.52 Å². The average molecular weight is 478 g/mol. The Balaban J connectivity index is 1.56. The van der Waals surface area contributed by atoms with Crippen LogP contribution in [0.1, 0.15) is 30.7 Å². The third-order valence-corrected chi connectivity index (χ3v) is 7.35. The summed E-state index contributed by atoms with van der Waals surface area (Å²) < 4.78 is 30.5. The Morgan fingerprint density at radius 2 is 1.61 bits per heavy atom. The van der Waals surface area contributed by atoms with Crippen LogP contribution in [0.15, 0.2) is 90.1 Å². The van der Waals surface area contributed by atoms with E-state index < -0.39 is 10.0 Å². The Kier molecular flexibility index (Phi) is 5.83. The highest BCUT2D eigenvalue weighted by Crippen LogP contribution is 2.28. The summed E-state index contributed by atoms with van der Waals surface area (Å²) >= 11 is 5.92. The van der Waals surface area contributed by atoms with Gasteiger partial charge in [-0.25, -0.2) is 18.0 Å². The summed E-state index contributed by atoms with van der Waals surface area (Å²) in [5.74, 6) is 1.05. The fourth-order valence-corrected chi connectivity index (χ4v) is 5.12. The van der Waals surface area contributed by atoms with Crippen molar-refractivity contribution in [2.45, 2.75) is 30.1 Å². The van der Waals surface area contributed by atoms with Gasteiger partial charge in [0, 0.05) is 5.02 Å². The number of hydrogen-bond acceptors (Lipinski definition) is 4. The van der Waals surface area contributed by atoms with E-state index in [1.54, 1.807) is 10.6 Å². The van der Waals surface area contributed by atoms with Crippen molar-refractivity contribution < 1.29 is 13.0 Å². The molecule has 2 heterocycles. The first kappa shape index (κ1) is 21.6. The van der Waals surface area contributed by atoms with Crippen LogP contribution in [-0.4, -0.2) is 18.4 Å². The van der Waals surface area contributed by atoms with Gasteiger partial charge in [-0.3, -0.25) is 4.72 Å². The molecular formula is C25H22ClN4O2S+. The monoisotopic (exact) mass is 477 g/mol. The van der Waals surface area contributed by atoms with Crippen LogP contribution in [0.25, 0.3) is 16.9 Å². The maximum atomic E-state index is 13.1. The predicted molar refractivity (Wildman–Crippen MR) is 129 cm³/mol. The number of fused-ring (bicyclic) bond motifs is 1. The van der Waals surface area contributed by atoms with Crippen LogP contribution < -0.4 is 9.29 Å². The third kappa shape index (κ3) is 4.60. The summed E-state index contributed by atoms with van der Waals surface area (Å²) in [5.41, 5.74) is 2.53. The van der Waals surface area contributed by atoms with Crippen molar-refractivity contribution in [2.75, 3.05) is 4.72 Å². The van der Waals surface area contributed by atoms with Crippen molar-refractivity contribution in [3.8, 4) is 5.82 Å². The van der Waals surface area contributed by atoms with Crippen LogP contribution in [-0.2, 0) is 10.0 Å². The fourth-order valence-electron chi connectivity index (χ4n) is 3.99. The summed E-state index contributed by atoms with van der Waals surface area (Å²) in [7, 11) is -3.89. The summed E-state index contributed by atoms with van der Waals surface area (Å²) in [4.78, 5) is 9.40. The quantitative estimate of drug-likeness (QED) is 0.317. The van der Waals surface area contributed by atoms with Crippen LogP contribution in [0.4, 0.5) is 5.82 Å². The molecule has 0 unspecified atom stereocenters. The Morgan fingerprint density at radius 1 is 0.909 bits per heavy atom. The molecule has 5 rings (SSSR count). The van der Waals surface area contributed by atoms with Gasteiger partial charge in [-0.1, -0.05) is 35.9 Å². The molecule has 6 nitrogen and oxygen atoms in total. The largest absolute Gasteiger partial charge is 0.372 e. The molecule has 1 atom stereocenters. The molecule has 0 spiro atoms. The smallest absolute Gasteiger partial charge is 0.256 e. The second-order valence-electron chi connectivity index (χ2n) is 7.96. The minimum Gasteiger partial charge on any atom is -0.256 e. The van der Waals surface area contributed by atoms with Crippen molar-refractivity contribution in [2.24, 2.45) is 0 Å². The number of anilines is 1. The van der Waals surface area contributed by atoms with E-state index in [1.807, 2.05) is 30.6 Å². The van der Waals surface area contributed by atoms with Gasteiger partial charge in [0.15, 0.2) is 0 Å². The number of aromatic nitrogens is 3. The predicted octanol–water partition coefficient (Wildman–Crippen LogP) is 5.18. The molecule has 0 fully saturated rings. The van der Waals surface area contributed by atoms with E-state index >= 15 is 0 Å². The van der Waals surface area contributed by atoms with Gasteiger partial charge < -0.3 is 0 Å². The Bertz CT molecular complexity index is 1440. The van der Waals surface area contributed by atoms with E-state index in [9.17, 15) is 8.42 Å². The molecule has 0 amide bonds. The SMILES string of the molecule is O=S(=O)(Nc1nc2ccccc2nc1-[n+]1ccc([C@H]2CC=CCC2)cc1)c1ccc(Cl)cc1. The fraction of sp³-hybridized carbons (Fsp3) is 0.160. The molecule has 2 aromatic carbocycles. The lowest BCUT2D eigenvalue weighted by molar-refractivity contribution is -0.598. The summed E-state index contributed by atoms with van der Waals surface area (Å²) in [5, 5.41) is 0.462. The second kappa shape index (κ2) is 8.92. The Hall–Kier alpha value is -3.29. The summed E-state index contributed by atoms with van der Waals surface area (Å²) in [6, 6.07) is 17.5. The Labute approximate surface area is 197 Å². The molecule has 4 aromatic rings. The van der Waals surface area contributed by atoms with E-state index in [-0.39, 0.29) is 10.7 Å². The molecule has 1 aliphatic carbocycles. The highest BCUT2D eigenvalue weighted by Gasteiger charge is 2.25. The molecule has 1 aliphatic rings. The van der Waals surface area contributed by atoms with Crippen LogP contribution in [0.2, 0.25) is 5.02 Å². The number of rotatable bonds is 5. The zero-order valence-electron chi connectivity index (χ0n) is 17.7. The minimum absolute atomic E-state index is 0.0958. The first-order valence-electron chi connectivity index (χ1n) is 10.7.